The molecule has 0 aliphatic carbocycles. The number of piperazine rings is 1. The minimum atomic E-state index is -0.553. The summed E-state index contributed by atoms with van der Waals surface area (Å²) in [4.78, 5) is 28.2. The lowest BCUT2D eigenvalue weighted by molar-refractivity contribution is -0.134. The number of rotatable bonds is 5. The van der Waals surface area contributed by atoms with Gasteiger partial charge < -0.3 is 19.3 Å². The maximum absolute atomic E-state index is 12.3. The molecule has 7 heteroatoms. The van der Waals surface area contributed by atoms with Crippen molar-refractivity contribution in [2.45, 2.75) is 0 Å². The summed E-state index contributed by atoms with van der Waals surface area (Å²) in [5.41, 5.74) is 1.43. The number of hydrogen-bond acceptors (Lipinski definition) is 5. The molecule has 0 unspecified atom stereocenters. The van der Waals surface area contributed by atoms with E-state index in [0.29, 0.717) is 23.7 Å². The SMILES string of the molecule is COc1ccc(N2CCN(C(=O)COC(=O)c3cccc(Cl)c3)CC2)cc1. The fraction of sp³-hybridized carbons (Fsp3) is 0.300. The van der Waals surface area contributed by atoms with E-state index in [-0.39, 0.29) is 12.5 Å². The van der Waals surface area contributed by atoms with E-state index >= 15 is 0 Å². The Morgan fingerprint density at radius 2 is 1.74 bits per heavy atom. The van der Waals surface area contributed by atoms with Crippen LogP contribution in [0.25, 0.3) is 0 Å². The van der Waals surface area contributed by atoms with Gasteiger partial charge in [0, 0.05) is 36.9 Å². The molecular formula is C20H21ClN2O4. The van der Waals surface area contributed by atoms with Gasteiger partial charge >= 0.3 is 5.97 Å². The number of benzene rings is 2. The third-order valence-electron chi connectivity index (χ3n) is 4.46. The first kappa shape index (κ1) is 19.0. The molecule has 0 bridgehead atoms. The van der Waals surface area contributed by atoms with Gasteiger partial charge in [-0.3, -0.25) is 4.79 Å². The van der Waals surface area contributed by atoms with E-state index in [0.717, 1.165) is 24.5 Å². The molecule has 2 aromatic carbocycles. The van der Waals surface area contributed by atoms with Crippen LogP contribution in [0.2, 0.25) is 5.02 Å². The monoisotopic (exact) mass is 388 g/mol. The maximum atomic E-state index is 12.3. The lowest BCUT2D eigenvalue weighted by atomic mass is 10.2. The molecule has 142 valence electrons. The predicted molar refractivity (Wildman–Crippen MR) is 104 cm³/mol. The summed E-state index contributed by atoms with van der Waals surface area (Å²) in [6.45, 7) is 2.34. The van der Waals surface area contributed by atoms with Gasteiger partial charge in [0.2, 0.25) is 0 Å². The lowest BCUT2D eigenvalue weighted by Gasteiger charge is -2.36. The van der Waals surface area contributed by atoms with Gasteiger partial charge in [0.15, 0.2) is 6.61 Å². The van der Waals surface area contributed by atoms with Gasteiger partial charge in [-0.1, -0.05) is 17.7 Å². The van der Waals surface area contributed by atoms with Crippen LogP contribution in [0.4, 0.5) is 5.69 Å². The Bertz CT molecular complexity index is 802. The molecule has 1 heterocycles. The summed E-state index contributed by atoms with van der Waals surface area (Å²) in [6, 6.07) is 14.3. The highest BCUT2D eigenvalue weighted by atomic mass is 35.5. The Hall–Kier alpha value is -2.73. The van der Waals surface area contributed by atoms with Crippen molar-refractivity contribution in [1.29, 1.82) is 0 Å². The molecule has 1 saturated heterocycles. The second kappa shape index (κ2) is 8.77. The zero-order chi connectivity index (χ0) is 19.2. The molecule has 6 nitrogen and oxygen atoms in total. The van der Waals surface area contributed by atoms with E-state index in [4.69, 9.17) is 21.1 Å². The van der Waals surface area contributed by atoms with Crippen LogP contribution in [0.3, 0.4) is 0 Å². The van der Waals surface area contributed by atoms with Crippen LogP contribution < -0.4 is 9.64 Å². The van der Waals surface area contributed by atoms with Crippen molar-refractivity contribution in [3.63, 3.8) is 0 Å². The molecule has 2 aromatic rings. The number of methoxy groups -OCH3 is 1. The number of carbonyl (C=O) groups excluding carboxylic acids is 2. The standard InChI is InChI=1S/C20H21ClN2O4/c1-26-18-7-5-17(6-8-18)22-9-11-23(12-10-22)19(24)14-27-20(25)15-3-2-4-16(21)13-15/h2-8,13H,9-12,14H2,1H3. The summed E-state index contributed by atoms with van der Waals surface area (Å²) >= 11 is 5.86. The summed E-state index contributed by atoms with van der Waals surface area (Å²) in [7, 11) is 1.64. The van der Waals surface area contributed by atoms with Gasteiger partial charge in [0.05, 0.1) is 12.7 Å². The van der Waals surface area contributed by atoms with Crippen LogP contribution in [0.1, 0.15) is 10.4 Å². The van der Waals surface area contributed by atoms with E-state index in [2.05, 4.69) is 4.90 Å². The second-order valence-corrected chi connectivity index (χ2v) is 6.59. The average Bonchev–Trinajstić information content (AvgIpc) is 2.72. The number of amides is 1. The number of hydrogen-bond donors (Lipinski definition) is 0. The van der Waals surface area contributed by atoms with E-state index in [1.807, 2.05) is 24.3 Å². The molecule has 1 aliphatic heterocycles. The Morgan fingerprint density at radius 3 is 2.37 bits per heavy atom. The number of ether oxygens (including phenoxy) is 2. The van der Waals surface area contributed by atoms with Gasteiger partial charge in [0.1, 0.15) is 5.75 Å². The number of anilines is 1. The molecule has 0 atom stereocenters. The van der Waals surface area contributed by atoms with Crippen molar-refractivity contribution < 1.29 is 19.1 Å². The number of esters is 1. The molecular weight excluding hydrogens is 368 g/mol. The second-order valence-electron chi connectivity index (χ2n) is 6.15. The third-order valence-corrected chi connectivity index (χ3v) is 4.69. The highest BCUT2D eigenvalue weighted by Gasteiger charge is 2.22. The molecule has 0 aromatic heterocycles. The van der Waals surface area contributed by atoms with Crippen molar-refractivity contribution in [2.75, 3.05) is 44.8 Å². The molecule has 3 rings (SSSR count). The van der Waals surface area contributed by atoms with E-state index < -0.39 is 5.97 Å². The summed E-state index contributed by atoms with van der Waals surface area (Å²) in [5, 5.41) is 0.449. The van der Waals surface area contributed by atoms with Crippen molar-refractivity contribution in [3.05, 3.63) is 59.1 Å². The quantitative estimate of drug-likeness (QED) is 0.737. The van der Waals surface area contributed by atoms with Gasteiger partial charge in [-0.25, -0.2) is 4.79 Å². The Morgan fingerprint density at radius 1 is 1.04 bits per heavy atom. The van der Waals surface area contributed by atoms with Crippen LogP contribution in [0, 0.1) is 0 Å². The lowest BCUT2D eigenvalue weighted by Crippen LogP contribution is -2.49. The number of carbonyl (C=O) groups is 2. The van der Waals surface area contributed by atoms with Crippen LogP contribution in [0.15, 0.2) is 48.5 Å². The molecule has 0 N–H and O–H groups in total. The predicted octanol–water partition coefficient (Wildman–Crippen LogP) is 2.85. The molecule has 27 heavy (non-hydrogen) atoms. The smallest absolute Gasteiger partial charge is 0.338 e. The first-order valence-electron chi connectivity index (χ1n) is 8.66. The summed E-state index contributed by atoms with van der Waals surface area (Å²) in [6.07, 6.45) is 0. The topological polar surface area (TPSA) is 59.1 Å². The van der Waals surface area contributed by atoms with Gasteiger partial charge in [-0.15, -0.1) is 0 Å². The first-order chi connectivity index (χ1) is 13.1. The van der Waals surface area contributed by atoms with Gasteiger partial charge in [-0.2, -0.15) is 0 Å². The average molecular weight is 389 g/mol. The van der Waals surface area contributed by atoms with Crippen molar-refractivity contribution in [1.82, 2.24) is 4.90 Å². The third kappa shape index (κ3) is 4.92. The summed E-state index contributed by atoms with van der Waals surface area (Å²) < 4.78 is 10.3. The normalized spacial score (nSPS) is 14.0. The zero-order valence-corrected chi connectivity index (χ0v) is 15.8. The highest BCUT2D eigenvalue weighted by Crippen LogP contribution is 2.20. The van der Waals surface area contributed by atoms with Crippen molar-refractivity contribution in [3.8, 4) is 5.75 Å². The molecule has 0 spiro atoms. The number of halogens is 1. The molecule has 1 fully saturated rings. The fourth-order valence-corrected chi connectivity index (χ4v) is 3.11. The van der Waals surface area contributed by atoms with Crippen LogP contribution in [-0.4, -0.2) is 56.7 Å². The molecule has 0 radical (unpaired) electrons. The van der Waals surface area contributed by atoms with Crippen LogP contribution in [-0.2, 0) is 9.53 Å². The van der Waals surface area contributed by atoms with Crippen molar-refractivity contribution in [2.24, 2.45) is 0 Å². The Kier molecular flexibility index (Phi) is 6.19. The van der Waals surface area contributed by atoms with Crippen LogP contribution in [0.5, 0.6) is 5.75 Å². The minimum absolute atomic E-state index is 0.195. The molecule has 1 aliphatic rings. The maximum Gasteiger partial charge on any atom is 0.338 e. The van der Waals surface area contributed by atoms with Crippen LogP contribution >= 0.6 is 11.6 Å². The largest absolute Gasteiger partial charge is 0.497 e. The summed E-state index contributed by atoms with van der Waals surface area (Å²) in [5.74, 6) is 0.0663. The highest BCUT2D eigenvalue weighted by molar-refractivity contribution is 6.30. The van der Waals surface area contributed by atoms with Crippen molar-refractivity contribution >= 4 is 29.2 Å². The first-order valence-corrected chi connectivity index (χ1v) is 9.04. The fourth-order valence-electron chi connectivity index (χ4n) is 2.92. The molecule has 0 saturated carbocycles. The minimum Gasteiger partial charge on any atom is -0.497 e. The van der Waals surface area contributed by atoms with Gasteiger partial charge in [0.25, 0.3) is 5.91 Å². The Labute approximate surface area is 163 Å². The Balaban J connectivity index is 1.47. The zero-order valence-electron chi connectivity index (χ0n) is 15.1. The van der Waals surface area contributed by atoms with E-state index in [1.54, 1.807) is 30.2 Å². The van der Waals surface area contributed by atoms with E-state index in [9.17, 15) is 9.59 Å². The van der Waals surface area contributed by atoms with Gasteiger partial charge in [-0.05, 0) is 42.5 Å². The van der Waals surface area contributed by atoms with E-state index in [1.165, 1.54) is 6.07 Å². The molecule has 1 amide bonds. The number of nitrogens with zero attached hydrogens (tertiary/aromatic N) is 2.